The second-order valence-electron chi connectivity index (χ2n) is 7.69. The predicted molar refractivity (Wildman–Crippen MR) is 107 cm³/mol. The zero-order valence-corrected chi connectivity index (χ0v) is 16.6. The Morgan fingerprint density at radius 3 is 2.39 bits per heavy atom. The van der Waals surface area contributed by atoms with Gasteiger partial charge in [0.05, 0.1) is 6.54 Å². The number of nitrogens with two attached hydrogens (primary N) is 1. The predicted octanol–water partition coefficient (Wildman–Crippen LogP) is 2.87. The van der Waals surface area contributed by atoms with Crippen molar-refractivity contribution in [2.75, 3.05) is 19.6 Å². The van der Waals surface area contributed by atoms with E-state index in [0.29, 0.717) is 6.54 Å². The number of aryl methyl sites for hydroxylation is 2. The van der Waals surface area contributed by atoms with Gasteiger partial charge in [0, 0.05) is 29.4 Å². The third kappa shape index (κ3) is 4.68. The Hall–Kier alpha value is -2.47. The second kappa shape index (κ2) is 8.69. The van der Waals surface area contributed by atoms with Crippen LogP contribution in [0.1, 0.15) is 40.2 Å². The van der Waals surface area contributed by atoms with Gasteiger partial charge in [-0.2, -0.15) is 0 Å². The van der Waals surface area contributed by atoms with Crippen LogP contribution in [0.15, 0.2) is 30.3 Å². The standard InChI is InChI=1S/C22H28FN3O2/c1-15-13-20(21(27)14-25-10-8-18(9-11-25)22(24)28)16(2)26(15)12-7-17-3-5-19(23)6-4-17/h3-6,13,18H,7-12,14H2,1-2H3,(H2,24,28). The van der Waals surface area contributed by atoms with E-state index in [1.165, 1.54) is 12.1 Å². The summed E-state index contributed by atoms with van der Waals surface area (Å²) in [4.78, 5) is 26.2. The number of halogens is 1. The van der Waals surface area contributed by atoms with Gasteiger partial charge in [0.1, 0.15) is 5.82 Å². The molecule has 0 radical (unpaired) electrons. The van der Waals surface area contributed by atoms with Crippen molar-refractivity contribution >= 4 is 11.7 Å². The van der Waals surface area contributed by atoms with Gasteiger partial charge in [0.25, 0.3) is 0 Å². The summed E-state index contributed by atoms with van der Waals surface area (Å²) in [6, 6.07) is 8.50. The molecule has 2 heterocycles. The number of carbonyl (C=O) groups excluding carboxylic acids is 2. The Morgan fingerprint density at radius 1 is 1.14 bits per heavy atom. The molecule has 0 atom stereocenters. The first-order chi connectivity index (χ1) is 13.3. The van der Waals surface area contributed by atoms with Gasteiger partial charge in [-0.3, -0.25) is 14.5 Å². The summed E-state index contributed by atoms with van der Waals surface area (Å²) in [6.07, 6.45) is 2.23. The molecule has 28 heavy (non-hydrogen) atoms. The molecule has 0 aliphatic carbocycles. The maximum atomic E-state index is 13.1. The molecule has 3 rings (SSSR count). The zero-order valence-electron chi connectivity index (χ0n) is 16.6. The van der Waals surface area contributed by atoms with E-state index in [-0.39, 0.29) is 23.4 Å². The van der Waals surface area contributed by atoms with Crippen LogP contribution in [0.25, 0.3) is 0 Å². The van der Waals surface area contributed by atoms with Crippen molar-refractivity contribution in [2.45, 2.75) is 39.7 Å². The molecule has 1 amide bonds. The molecule has 1 aliphatic rings. The van der Waals surface area contributed by atoms with Crippen LogP contribution >= 0.6 is 0 Å². The number of Topliss-reactive ketones (excluding diaryl/α,β-unsaturated/α-hetero) is 1. The van der Waals surface area contributed by atoms with Crippen LogP contribution in [0.2, 0.25) is 0 Å². The zero-order chi connectivity index (χ0) is 20.3. The minimum Gasteiger partial charge on any atom is -0.369 e. The number of benzene rings is 1. The van der Waals surface area contributed by atoms with Crippen LogP contribution in [-0.4, -0.2) is 40.8 Å². The molecule has 1 aromatic carbocycles. The maximum absolute atomic E-state index is 13.1. The van der Waals surface area contributed by atoms with E-state index in [4.69, 9.17) is 5.73 Å². The lowest BCUT2D eigenvalue weighted by molar-refractivity contribution is -0.123. The molecule has 1 saturated heterocycles. The molecule has 1 aliphatic heterocycles. The molecule has 1 aromatic heterocycles. The number of nitrogens with zero attached hydrogens (tertiary/aromatic N) is 2. The van der Waals surface area contributed by atoms with Crippen molar-refractivity contribution in [3.8, 4) is 0 Å². The summed E-state index contributed by atoms with van der Waals surface area (Å²) in [5.41, 5.74) is 9.22. The van der Waals surface area contributed by atoms with Gasteiger partial charge in [-0.05, 0) is 70.0 Å². The fraction of sp³-hybridized carbons (Fsp3) is 0.455. The lowest BCUT2D eigenvalue weighted by Gasteiger charge is -2.29. The Balaban J connectivity index is 1.61. The number of hydrogen-bond acceptors (Lipinski definition) is 3. The molecular formula is C22H28FN3O2. The molecule has 6 heteroatoms. The van der Waals surface area contributed by atoms with E-state index in [1.807, 2.05) is 19.9 Å². The Kier molecular flexibility index (Phi) is 6.29. The van der Waals surface area contributed by atoms with Gasteiger partial charge in [0.2, 0.25) is 5.91 Å². The molecule has 1 fully saturated rings. The molecule has 2 aromatic rings. The number of carbonyl (C=O) groups is 2. The topological polar surface area (TPSA) is 68.3 Å². The van der Waals surface area contributed by atoms with Gasteiger partial charge in [-0.1, -0.05) is 12.1 Å². The fourth-order valence-corrected chi connectivity index (χ4v) is 3.98. The van der Waals surface area contributed by atoms with E-state index < -0.39 is 0 Å². The van der Waals surface area contributed by atoms with Crippen molar-refractivity contribution in [1.29, 1.82) is 0 Å². The van der Waals surface area contributed by atoms with Gasteiger partial charge in [0.15, 0.2) is 5.78 Å². The highest BCUT2D eigenvalue weighted by Gasteiger charge is 2.25. The van der Waals surface area contributed by atoms with Gasteiger partial charge < -0.3 is 10.3 Å². The summed E-state index contributed by atoms with van der Waals surface area (Å²) in [5.74, 6) is -0.429. The van der Waals surface area contributed by atoms with Crippen molar-refractivity contribution in [2.24, 2.45) is 11.7 Å². The normalized spacial score (nSPS) is 15.7. The first-order valence-corrected chi connectivity index (χ1v) is 9.81. The molecule has 2 N–H and O–H groups in total. The molecule has 0 bridgehead atoms. The smallest absolute Gasteiger partial charge is 0.220 e. The highest BCUT2D eigenvalue weighted by atomic mass is 19.1. The van der Waals surface area contributed by atoms with Gasteiger partial charge in [-0.15, -0.1) is 0 Å². The van der Waals surface area contributed by atoms with E-state index in [2.05, 4.69) is 9.47 Å². The number of hydrogen-bond donors (Lipinski definition) is 1. The number of amides is 1. The van der Waals surface area contributed by atoms with Crippen LogP contribution < -0.4 is 5.73 Å². The van der Waals surface area contributed by atoms with Crippen molar-refractivity contribution in [1.82, 2.24) is 9.47 Å². The monoisotopic (exact) mass is 385 g/mol. The fourth-order valence-electron chi connectivity index (χ4n) is 3.98. The van der Waals surface area contributed by atoms with Crippen LogP contribution in [0.5, 0.6) is 0 Å². The Labute approximate surface area is 165 Å². The first-order valence-electron chi connectivity index (χ1n) is 9.81. The van der Waals surface area contributed by atoms with Crippen LogP contribution in [-0.2, 0) is 17.8 Å². The number of ketones is 1. The van der Waals surface area contributed by atoms with E-state index in [0.717, 1.165) is 61.4 Å². The number of aromatic nitrogens is 1. The molecule has 0 saturated carbocycles. The highest BCUT2D eigenvalue weighted by Crippen LogP contribution is 2.20. The van der Waals surface area contributed by atoms with E-state index >= 15 is 0 Å². The summed E-state index contributed by atoms with van der Waals surface area (Å²) >= 11 is 0. The second-order valence-corrected chi connectivity index (χ2v) is 7.69. The van der Waals surface area contributed by atoms with Crippen LogP contribution in [0.3, 0.4) is 0 Å². The summed E-state index contributed by atoms with van der Waals surface area (Å²) < 4.78 is 15.2. The largest absolute Gasteiger partial charge is 0.369 e. The third-order valence-corrected chi connectivity index (χ3v) is 5.77. The van der Waals surface area contributed by atoms with E-state index in [9.17, 15) is 14.0 Å². The van der Waals surface area contributed by atoms with Crippen LogP contribution in [0.4, 0.5) is 4.39 Å². The Bertz CT molecular complexity index is 849. The quantitative estimate of drug-likeness (QED) is 0.745. The summed E-state index contributed by atoms with van der Waals surface area (Å²) in [7, 11) is 0. The maximum Gasteiger partial charge on any atom is 0.220 e. The van der Waals surface area contributed by atoms with Gasteiger partial charge >= 0.3 is 0 Å². The minimum absolute atomic E-state index is 0.0668. The Morgan fingerprint density at radius 2 is 1.79 bits per heavy atom. The molecular weight excluding hydrogens is 357 g/mol. The summed E-state index contributed by atoms with van der Waals surface area (Å²) in [6.45, 7) is 6.55. The van der Waals surface area contributed by atoms with Crippen molar-refractivity contribution in [3.05, 3.63) is 58.7 Å². The summed E-state index contributed by atoms with van der Waals surface area (Å²) in [5, 5.41) is 0. The molecule has 0 spiro atoms. The van der Waals surface area contributed by atoms with E-state index in [1.54, 1.807) is 12.1 Å². The molecule has 150 valence electrons. The lowest BCUT2D eigenvalue weighted by atomic mass is 9.96. The highest BCUT2D eigenvalue weighted by molar-refractivity contribution is 5.99. The SMILES string of the molecule is Cc1cc(C(=O)CN2CCC(C(N)=O)CC2)c(C)n1CCc1ccc(F)cc1. The minimum atomic E-state index is -0.240. The van der Waals surface area contributed by atoms with Crippen molar-refractivity contribution in [3.63, 3.8) is 0 Å². The van der Waals surface area contributed by atoms with Crippen LogP contribution in [0, 0.1) is 25.6 Å². The van der Waals surface area contributed by atoms with Gasteiger partial charge in [-0.25, -0.2) is 4.39 Å². The molecule has 0 unspecified atom stereocenters. The number of likely N-dealkylation sites (tertiary alicyclic amines) is 1. The first kappa shape index (κ1) is 20.3. The molecule has 5 nitrogen and oxygen atoms in total. The number of primary amides is 1. The average Bonchev–Trinajstić information content (AvgIpc) is 2.96. The number of rotatable bonds is 7. The third-order valence-electron chi connectivity index (χ3n) is 5.77. The number of piperidine rings is 1. The lowest BCUT2D eigenvalue weighted by Crippen LogP contribution is -2.40. The average molecular weight is 385 g/mol. The van der Waals surface area contributed by atoms with Crippen molar-refractivity contribution < 1.29 is 14.0 Å².